The van der Waals surface area contributed by atoms with Gasteiger partial charge in [0.25, 0.3) is 0 Å². The number of nitriles is 1. The van der Waals surface area contributed by atoms with E-state index < -0.39 is 0 Å². The van der Waals surface area contributed by atoms with Gasteiger partial charge in [-0.2, -0.15) is 10.4 Å². The van der Waals surface area contributed by atoms with E-state index in [0.29, 0.717) is 40.3 Å². The Morgan fingerprint density at radius 1 is 0.949 bits per heavy atom. The summed E-state index contributed by atoms with van der Waals surface area (Å²) in [6.45, 7) is 4.40. The fraction of sp³-hybridized carbons (Fsp3) is 0.333. The largest absolute Gasteiger partial charge is 0.306 e. The molecule has 7 unspecified atom stereocenters. The maximum Gasteiger partial charge on any atom is 0.193 e. The van der Waals surface area contributed by atoms with E-state index in [-0.39, 0.29) is 35.4 Å². The number of carbonyl (C=O) groups excluding carboxylic acids is 2. The Balaban J connectivity index is 1.20. The minimum atomic E-state index is -0.0595. The van der Waals surface area contributed by atoms with Gasteiger partial charge in [0.1, 0.15) is 5.71 Å². The minimum Gasteiger partial charge on any atom is -0.306 e. The van der Waals surface area contributed by atoms with Crippen molar-refractivity contribution in [1.29, 1.82) is 5.26 Å². The number of nitrogens with zero attached hydrogens (tertiary/aromatic N) is 2. The van der Waals surface area contributed by atoms with Gasteiger partial charge in [0.2, 0.25) is 0 Å². The lowest BCUT2D eigenvalue weighted by Gasteiger charge is -2.59. The van der Waals surface area contributed by atoms with Gasteiger partial charge in [-0.3, -0.25) is 15.0 Å². The molecule has 1 saturated heterocycles. The lowest BCUT2D eigenvalue weighted by molar-refractivity contribution is -0.131. The van der Waals surface area contributed by atoms with Crippen LogP contribution in [-0.4, -0.2) is 23.3 Å². The average Bonchev–Trinajstić information content (AvgIpc) is 2.94. The normalized spacial score (nSPS) is 30.4. The molecular weight excluding hydrogens is 484 g/mol. The summed E-state index contributed by atoms with van der Waals surface area (Å²) in [5.41, 5.74) is 7.49. The molecule has 3 aromatic rings. The van der Waals surface area contributed by atoms with Crippen molar-refractivity contribution in [3.8, 4) is 6.07 Å². The van der Waals surface area contributed by atoms with Gasteiger partial charge in [-0.05, 0) is 66.6 Å². The Bertz CT molecular complexity index is 1460. The number of benzene rings is 3. The number of ketones is 2. The summed E-state index contributed by atoms with van der Waals surface area (Å²) in [6, 6.07) is 26.8. The van der Waals surface area contributed by atoms with Crippen LogP contribution < -0.4 is 10.7 Å². The molecule has 0 aromatic heterocycles. The Labute approximate surface area is 229 Å². The van der Waals surface area contributed by atoms with E-state index in [1.807, 2.05) is 66.7 Å². The summed E-state index contributed by atoms with van der Waals surface area (Å²) in [4.78, 5) is 26.7. The molecular formula is C33H32N4O2. The number of nitrogens with one attached hydrogen (secondary N) is 2. The van der Waals surface area contributed by atoms with Crippen LogP contribution in [0.4, 0.5) is 5.69 Å². The van der Waals surface area contributed by atoms with Crippen LogP contribution in [0.15, 0.2) is 84.0 Å². The molecule has 2 N–H and O–H groups in total. The molecule has 3 fully saturated rings. The SMILES string of the molecule is CC1CC2CC(C)C3NC(c4ccc(C#N)cc4)C3C2C(=O)C1=NNc1ccc(C(=O)c2ccccc2)cc1. The zero-order valence-corrected chi connectivity index (χ0v) is 22.2. The van der Waals surface area contributed by atoms with Crippen molar-refractivity contribution in [1.82, 2.24) is 5.32 Å². The third-order valence-corrected chi connectivity index (χ3v) is 8.95. The lowest BCUT2D eigenvalue weighted by atomic mass is 9.52. The highest BCUT2D eigenvalue weighted by molar-refractivity contribution is 6.42. The molecule has 2 saturated carbocycles. The summed E-state index contributed by atoms with van der Waals surface area (Å²) in [7, 11) is 0. The maximum absolute atomic E-state index is 14.0. The van der Waals surface area contributed by atoms with Gasteiger partial charge in [-0.25, -0.2) is 0 Å². The first-order chi connectivity index (χ1) is 18.9. The highest BCUT2D eigenvalue weighted by Crippen LogP contribution is 2.54. The Morgan fingerprint density at radius 2 is 1.64 bits per heavy atom. The zero-order valence-electron chi connectivity index (χ0n) is 22.2. The van der Waals surface area contributed by atoms with Gasteiger partial charge in [-0.15, -0.1) is 0 Å². The van der Waals surface area contributed by atoms with Crippen LogP contribution in [0.2, 0.25) is 0 Å². The van der Waals surface area contributed by atoms with E-state index in [9.17, 15) is 14.9 Å². The van der Waals surface area contributed by atoms with E-state index in [0.717, 1.165) is 24.1 Å². The van der Waals surface area contributed by atoms with Crippen molar-refractivity contribution in [3.63, 3.8) is 0 Å². The van der Waals surface area contributed by atoms with E-state index in [2.05, 4.69) is 35.8 Å². The summed E-state index contributed by atoms with van der Waals surface area (Å²) < 4.78 is 0. The van der Waals surface area contributed by atoms with Crippen LogP contribution in [0, 0.1) is 40.9 Å². The molecule has 6 nitrogen and oxygen atoms in total. The van der Waals surface area contributed by atoms with Gasteiger partial charge in [0.05, 0.1) is 17.3 Å². The topological polar surface area (TPSA) is 94.3 Å². The van der Waals surface area contributed by atoms with Crippen LogP contribution in [0.5, 0.6) is 0 Å². The van der Waals surface area contributed by atoms with Gasteiger partial charge in [0.15, 0.2) is 11.6 Å². The summed E-state index contributed by atoms with van der Waals surface area (Å²) >= 11 is 0. The second-order valence-corrected chi connectivity index (χ2v) is 11.4. The monoisotopic (exact) mass is 516 g/mol. The van der Waals surface area contributed by atoms with E-state index >= 15 is 0 Å². The van der Waals surface area contributed by atoms with Crippen LogP contribution in [0.1, 0.15) is 59.8 Å². The van der Waals surface area contributed by atoms with Crippen molar-refractivity contribution in [2.45, 2.75) is 38.8 Å². The number of anilines is 1. The lowest BCUT2D eigenvalue weighted by Crippen LogP contribution is -2.67. The van der Waals surface area contributed by atoms with Crippen LogP contribution in [0.3, 0.4) is 0 Å². The Hall–Kier alpha value is -4.08. The molecule has 0 spiro atoms. The first-order valence-electron chi connectivity index (χ1n) is 13.8. The fourth-order valence-electron chi connectivity index (χ4n) is 7.01. The van der Waals surface area contributed by atoms with E-state index in [4.69, 9.17) is 0 Å². The van der Waals surface area contributed by atoms with Crippen molar-refractivity contribution in [2.75, 3.05) is 5.43 Å². The number of Topliss-reactive ketones (excluding diaryl/α,β-unsaturated/α-hetero) is 1. The first kappa shape index (κ1) is 25.2. The van der Waals surface area contributed by atoms with Crippen LogP contribution in [-0.2, 0) is 4.79 Å². The third-order valence-electron chi connectivity index (χ3n) is 8.95. The number of fused-ring (bicyclic) bond motifs is 3. The second-order valence-electron chi connectivity index (χ2n) is 11.4. The van der Waals surface area contributed by atoms with Gasteiger partial charge < -0.3 is 5.32 Å². The Morgan fingerprint density at radius 3 is 2.33 bits per heavy atom. The van der Waals surface area contributed by atoms with Crippen molar-refractivity contribution in [2.24, 2.45) is 34.7 Å². The maximum atomic E-state index is 14.0. The molecule has 0 bridgehead atoms. The Kier molecular flexibility index (Phi) is 6.62. The molecule has 1 heterocycles. The average molecular weight is 517 g/mol. The van der Waals surface area contributed by atoms with Crippen molar-refractivity contribution >= 4 is 23.0 Å². The molecule has 6 heteroatoms. The molecule has 7 atom stereocenters. The fourth-order valence-corrected chi connectivity index (χ4v) is 7.01. The van der Waals surface area contributed by atoms with Crippen LogP contribution >= 0.6 is 0 Å². The van der Waals surface area contributed by atoms with E-state index in [1.54, 1.807) is 12.1 Å². The minimum absolute atomic E-state index is 0.0254. The first-order valence-corrected chi connectivity index (χ1v) is 13.8. The molecule has 0 amide bonds. The van der Waals surface area contributed by atoms with E-state index in [1.165, 1.54) is 0 Å². The summed E-state index contributed by atoms with van der Waals surface area (Å²) in [5, 5.41) is 17.5. The number of hydrazone groups is 1. The molecule has 6 rings (SSSR count). The molecule has 0 radical (unpaired) electrons. The molecule has 3 aliphatic rings. The summed E-state index contributed by atoms with van der Waals surface area (Å²) in [6.07, 6.45) is 2.00. The summed E-state index contributed by atoms with van der Waals surface area (Å²) in [5.74, 6) is 1.24. The molecule has 3 aromatic carbocycles. The van der Waals surface area contributed by atoms with Crippen LogP contribution in [0.25, 0.3) is 0 Å². The smallest absolute Gasteiger partial charge is 0.193 e. The highest BCUT2D eigenvalue weighted by Gasteiger charge is 2.58. The van der Waals surface area contributed by atoms with Gasteiger partial charge >= 0.3 is 0 Å². The molecule has 2 aliphatic carbocycles. The van der Waals surface area contributed by atoms with Crippen molar-refractivity contribution < 1.29 is 9.59 Å². The molecule has 39 heavy (non-hydrogen) atoms. The quantitative estimate of drug-likeness (QED) is 0.332. The molecule has 196 valence electrons. The van der Waals surface area contributed by atoms with Gasteiger partial charge in [-0.1, -0.05) is 56.3 Å². The number of hydrogen-bond donors (Lipinski definition) is 2. The zero-order chi connectivity index (χ0) is 27.1. The predicted octanol–water partition coefficient (Wildman–Crippen LogP) is 5.77. The van der Waals surface area contributed by atoms with Crippen molar-refractivity contribution in [3.05, 3.63) is 101 Å². The third kappa shape index (κ3) is 4.57. The number of rotatable bonds is 5. The second kappa shape index (κ2) is 10.2. The standard InChI is InChI=1S/C33H32N4O2/c1-19-16-25-17-20(2)30(37-36-26-14-12-24(13-15-26)32(38)23-6-4-3-5-7-23)33(39)27(25)28-29(19)35-31(28)22-10-8-21(18-34)9-11-22/h3-15,19-20,25,27-29,31,35-36H,16-17H2,1-2H3. The van der Waals surface area contributed by atoms with Gasteiger partial charge in [0, 0.05) is 41.0 Å². The predicted molar refractivity (Wildman–Crippen MR) is 151 cm³/mol. The highest BCUT2D eigenvalue weighted by atomic mass is 16.1. The number of hydrogen-bond acceptors (Lipinski definition) is 6. The number of carbonyl (C=O) groups is 2. The molecule has 1 aliphatic heterocycles.